The highest BCUT2D eigenvalue weighted by atomic mass is 16.2. The van der Waals surface area contributed by atoms with Crippen LogP contribution in [0.4, 0.5) is 0 Å². The maximum absolute atomic E-state index is 12.8. The van der Waals surface area contributed by atoms with E-state index in [0.717, 1.165) is 39.0 Å². The molecule has 2 aromatic rings. The van der Waals surface area contributed by atoms with Gasteiger partial charge in [0.05, 0.1) is 12.1 Å². The summed E-state index contributed by atoms with van der Waals surface area (Å²) < 4.78 is 0. The van der Waals surface area contributed by atoms with Crippen molar-refractivity contribution in [2.24, 2.45) is 0 Å². The fourth-order valence-corrected chi connectivity index (χ4v) is 5.00. The number of carbonyl (C=O) groups excluding carboxylic acids is 1. The second-order valence-electron chi connectivity index (χ2n) is 8.82. The Hall–Kier alpha value is -2.17. The zero-order chi connectivity index (χ0) is 20.8. The molecule has 1 heterocycles. The Bertz CT molecular complexity index is 741. The van der Waals surface area contributed by atoms with Gasteiger partial charge in [0, 0.05) is 32.2 Å². The standard InChI is InChI=1S/C26H35N3O/c1-21(26(30)27-24-15-9-4-10-16-24)28-17-19-29(20-18-28)25(22-11-5-2-6-12-22)23-13-7-3-8-14-23/h2-3,5-8,11-14,21,24-25H,4,9-10,15-20H2,1H3,(H,27,30)/t21-/m1/s1. The average molecular weight is 406 g/mol. The first-order chi connectivity index (χ1) is 14.7. The largest absolute Gasteiger partial charge is 0.352 e. The molecule has 4 rings (SSSR count). The lowest BCUT2D eigenvalue weighted by Crippen LogP contribution is -2.55. The number of hydrogen-bond donors (Lipinski definition) is 1. The highest BCUT2D eigenvalue weighted by molar-refractivity contribution is 5.81. The van der Waals surface area contributed by atoms with Gasteiger partial charge in [0.2, 0.25) is 5.91 Å². The third-order valence-electron chi connectivity index (χ3n) is 6.82. The van der Waals surface area contributed by atoms with E-state index in [1.54, 1.807) is 0 Å². The third-order valence-corrected chi connectivity index (χ3v) is 6.82. The number of nitrogens with one attached hydrogen (secondary N) is 1. The molecule has 1 atom stereocenters. The molecule has 0 radical (unpaired) electrons. The molecule has 1 amide bonds. The molecular weight excluding hydrogens is 370 g/mol. The van der Waals surface area contributed by atoms with Gasteiger partial charge in [0.15, 0.2) is 0 Å². The first kappa shape index (κ1) is 21.1. The number of hydrogen-bond acceptors (Lipinski definition) is 3. The molecule has 1 aliphatic carbocycles. The molecule has 1 saturated heterocycles. The Labute approximate surface area is 181 Å². The summed E-state index contributed by atoms with van der Waals surface area (Å²) in [5.74, 6) is 0.206. The van der Waals surface area contributed by atoms with Gasteiger partial charge in [-0.2, -0.15) is 0 Å². The zero-order valence-corrected chi connectivity index (χ0v) is 18.2. The molecule has 1 N–H and O–H groups in total. The van der Waals surface area contributed by atoms with E-state index in [1.165, 1.54) is 30.4 Å². The van der Waals surface area contributed by atoms with E-state index in [4.69, 9.17) is 0 Å². The maximum atomic E-state index is 12.8. The number of amides is 1. The van der Waals surface area contributed by atoms with Crippen molar-refractivity contribution in [3.05, 3.63) is 71.8 Å². The maximum Gasteiger partial charge on any atom is 0.237 e. The summed E-state index contributed by atoms with van der Waals surface area (Å²) in [4.78, 5) is 17.7. The minimum Gasteiger partial charge on any atom is -0.352 e. The Morgan fingerprint density at radius 2 is 1.30 bits per heavy atom. The van der Waals surface area contributed by atoms with E-state index in [2.05, 4.69) is 82.7 Å². The second-order valence-corrected chi connectivity index (χ2v) is 8.82. The molecule has 0 unspecified atom stereocenters. The van der Waals surface area contributed by atoms with Gasteiger partial charge in [0.25, 0.3) is 0 Å². The SMILES string of the molecule is C[C@H](C(=O)NC1CCCCC1)N1CCN(C(c2ccccc2)c2ccccc2)CC1. The number of nitrogens with zero attached hydrogens (tertiary/aromatic N) is 2. The monoisotopic (exact) mass is 405 g/mol. The Morgan fingerprint density at radius 3 is 1.83 bits per heavy atom. The molecule has 30 heavy (non-hydrogen) atoms. The lowest BCUT2D eigenvalue weighted by atomic mass is 9.95. The van der Waals surface area contributed by atoms with Gasteiger partial charge in [-0.15, -0.1) is 0 Å². The van der Waals surface area contributed by atoms with Crippen molar-refractivity contribution in [3.8, 4) is 0 Å². The fraction of sp³-hybridized carbons (Fsp3) is 0.500. The van der Waals surface area contributed by atoms with Gasteiger partial charge in [-0.1, -0.05) is 79.9 Å². The molecule has 1 saturated carbocycles. The number of carbonyl (C=O) groups is 1. The number of piperazine rings is 1. The van der Waals surface area contributed by atoms with Gasteiger partial charge in [-0.3, -0.25) is 14.6 Å². The molecule has 4 nitrogen and oxygen atoms in total. The summed E-state index contributed by atoms with van der Waals surface area (Å²) in [6.07, 6.45) is 6.09. The molecule has 0 aromatic heterocycles. The number of rotatable bonds is 6. The smallest absolute Gasteiger partial charge is 0.237 e. The summed E-state index contributed by atoms with van der Waals surface area (Å²) in [5.41, 5.74) is 2.67. The lowest BCUT2D eigenvalue weighted by molar-refractivity contribution is -0.127. The summed E-state index contributed by atoms with van der Waals surface area (Å²) in [5, 5.41) is 3.31. The highest BCUT2D eigenvalue weighted by Crippen LogP contribution is 2.29. The van der Waals surface area contributed by atoms with Gasteiger partial charge in [-0.05, 0) is 30.9 Å². The normalized spacial score (nSPS) is 20.2. The van der Waals surface area contributed by atoms with Crippen molar-refractivity contribution in [1.29, 1.82) is 0 Å². The van der Waals surface area contributed by atoms with E-state index >= 15 is 0 Å². The number of benzene rings is 2. The molecule has 0 bridgehead atoms. The Kier molecular flexibility index (Phi) is 7.19. The molecule has 160 valence electrons. The van der Waals surface area contributed by atoms with E-state index < -0.39 is 0 Å². The predicted octanol–water partition coefficient (Wildman–Crippen LogP) is 4.23. The molecule has 2 fully saturated rings. The van der Waals surface area contributed by atoms with Gasteiger partial charge in [0.1, 0.15) is 0 Å². The van der Waals surface area contributed by atoms with Crippen molar-refractivity contribution in [2.45, 2.75) is 57.2 Å². The summed E-state index contributed by atoms with van der Waals surface area (Å²) in [6.45, 7) is 5.86. The van der Waals surface area contributed by atoms with Crippen LogP contribution in [0, 0.1) is 0 Å². The van der Waals surface area contributed by atoms with Gasteiger partial charge < -0.3 is 5.32 Å². The second kappa shape index (κ2) is 10.2. The van der Waals surface area contributed by atoms with Crippen LogP contribution in [0.5, 0.6) is 0 Å². The lowest BCUT2D eigenvalue weighted by Gasteiger charge is -2.41. The van der Waals surface area contributed by atoms with Crippen LogP contribution in [-0.2, 0) is 4.79 Å². The molecule has 4 heteroatoms. The van der Waals surface area contributed by atoms with Crippen LogP contribution in [0.1, 0.15) is 56.2 Å². The first-order valence-electron chi connectivity index (χ1n) is 11.6. The Balaban J connectivity index is 1.39. The van der Waals surface area contributed by atoms with Crippen molar-refractivity contribution in [1.82, 2.24) is 15.1 Å². The summed E-state index contributed by atoms with van der Waals surface area (Å²) in [7, 11) is 0. The van der Waals surface area contributed by atoms with Crippen LogP contribution in [-0.4, -0.2) is 54.0 Å². The van der Waals surface area contributed by atoms with Crippen LogP contribution >= 0.6 is 0 Å². The molecule has 1 aliphatic heterocycles. The zero-order valence-electron chi connectivity index (χ0n) is 18.2. The average Bonchev–Trinajstić information content (AvgIpc) is 2.81. The topological polar surface area (TPSA) is 35.6 Å². The van der Waals surface area contributed by atoms with Crippen molar-refractivity contribution in [2.75, 3.05) is 26.2 Å². The third kappa shape index (κ3) is 5.11. The summed E-state index contributed by atoms with van der Waals surface area (Å²) >= 11 is 0. The van der Waals surface area contributed by atoms with E-state index in [1.807, 2.05) is 0 Å². The van der Waals surface area contributed by atoms with Gasteiger partial charge in [-0.25, -0.2) is 0 Å². The summed E-state index contributed by atoms with van der Waals surface area (Å²) in [6, 6.07) is 22.2. The van der Waals surface area contributed by atoms with Crippen LogP contribution in [0.3, 0.4) is 0 Å². The first-order valence-corrected chi connectivity index (χ1v) is 11.6. The van der Waals surface area contributed by atoms with Crippen molar-refractivity contribution in [3.63, 3.8) is 0 Å². The van der Waals surface area contributed by atoms with Gasteiger partial charge >= 0.3 is 0 Å². The molecule has 2 aromatic carbocycles. The van der Waals surface area contributed by atoms with E-state index in [0.29, 0.717) is 6.04 Å². The minimum atomic E-state index is -0.0547. The predicted molar refractivity (Wildman–Crippen MR) is 122 cm³/mol. The van der Waals surface area contributed by atoms with Crippen LogP contribution in [0.15, 0.2) is 60.7 Å². The fourth-order valence-electron chi connectivity index (χ4n) is 5.00. The minimum absolute atomic E-state index is 0.0547. The van der Waals surface area contributed by atoms with Crippen LogP contribution in [0.2, 0.25) is 0 Å². The Morgan fingerprint density at radius 1 is 0.800 bits per heavy atom. The van der Waals surface area contributed by atoms with Crippen molar-refractivity contribution >= 4 is 5.91 Å². The quantitative estimate of drug-likeness (QED) is 0.781. The van der Waals surface area contributed by atoms with Crippen LogP contribution in [0.25, 0.3) is 0 Å². The van der Waals surface area contributed by atoms with Crippen LogP contribution < -0.4 is 5.32 Å². The van der Waals surface area contributed by atoms with E-state index in [9.17, 15) is 4.79 Å². The van der Waals surface area contributed by atoms with Crippen molar-refractivity contribution < 1.29 is 4.79 Å². The molecule has 0 spiro atoms. The highest BCUT2D eigenvalue weighted by Gasteiger charge is 2.30. The molecular formula is C26H35N3O. The van der Waals surface area contributed by atoms with E-state index in [-0.39, 0.29) is 18.0 Å². The molecule has 2 aliphatic rings.